The van der Waals surface area contributed by atoms with Crippen molar-refractivity contribution in [1.82, 2.24) is 0 Å². The first kappa shape index (κ1) is 10.5. The van der Waals surface area contributed by atoms with Gasteiger partial charge in [-0.05, 0) is 26.0 Å². The number of benzene rings is 1. The van der Waals surface area contributed by atoms with Gasteiger partial charge in [0.05, 0.1) is 22.7 Å². The molecule has 78 valence electrons. The van der Waals surface area contributed by atoms with E-state index in [1.165, 1.54) is 0 Å². The summed E-state index contributed by atoms with van der Waals surface area (Å²) >= 11 is 0. The number of nitrogen functional groups attached to an aromatic ring is 2. The second-order valence-corrected chi connectivity index (χ2v) is 3.09. The van der Waals surface area contributed by atoms with Crippen molar-refractivity contribution in [3.63, 3.8) is 0 Å². The molecule has 14 heavy (non-hydrogen) atoms. The zero-order valence-corrected chi connectivity index (χ0v) is 8.72. The lowest BCUT2D eigenvalue weighted by Crippen LogP contribution is -2.06. The molecule has 0 amide bonds. The van der Waals surface area contributed by atoms with E-state index < -0.39 is 0 Å². The highest BCUT2D eigenvalue weighted by molar-refractivity contribution is 5.81. The van der Waals surface area contributed by atoms with Crippen LogP contribution in [0.4, 0.5) is 22.7 Å². The van der Waals surface area contributed by atoms with E-state index in [4.69, 9.17) is 11.5 Å². The lowest BCUT2D eigenvalue weighted by molar-refractivity contribution is 1.20. The summed E-state index contributed by atoms with van der Waals surface area (Å²) in [5, 5.41) is 6.31. The van der Waals surface area contributed by atoms with Crippen LogP contribution in [0.3, 0.4) is 0 Å². The lowest BCUT2D eigenvalue weighted by Gasteiger charge is -2.13. The third kappa shape index (κ3) is 2.22. The van der Waals surface area contributed by atoms with Crippen LogP contribution in [0.1, 0.15) is 13.8 Å². The highest BCUT2D eigenvalue weighted by Gasteiger charge is 2.03. The van der Waals surface area contributed by atoms with Gasteiger partial charge in [-0.1, -0.05) is 0 Å². The van der Waals surface area contributed by atoms with Crippen molar-refractivity contribution in [3.8, 4) is 0 Å². The Morgan fingerprint density at radius 2 is 1.29 bits per heavy atom. The third-order valence-electron chi connectivity index (χ3n) is 1.96. The highest BCUT2D eigenvalue weighted by atomic mass is 14.9. The number of nitrogens with one attached hydrogen (secondary N) is 2. The van der Waals surface area contributed by atoms with Gasteiger partial charge < -0.3 is 22.1 Å². The molecule has 4 nitrogen and oxygen atoms in total. The van der Waals surface area contributed by atoms with Crippen molar-refractivity contribution >= 4 is 22.7 Å². The van der Waals surface area contributed by atoms with E-state index in [9.17, 15) is 0 Å². The largest absolute Gasteiger partial charge is 0.397 e. The summed E-state index contributed by atoms with van der Waals surface area (Å²) in [5.41, 5.74) is 14.9. The van der Waals surface area contributed by atoms with E-state index in [2.05, 4.69) is 10.6 Å². The van der Waals surface area contributed by atoms with Gasteiger partial charge in [-0.3, -0.25) is 0 Å². The molecular formula is C10H18N4. The molecule has 0 heterocycles. The predicted octanol–water partition coefficient (Wildman–Crippen LogP) is 1.71. The maximum absolute atomic E-state index is 5.85. The van der Waals surface area contributed by atoms with Crippen LogP contribution >= 0.6 is 0 Å². The van der Waals surface area contributed by atoms with Gasteiger partial charge in [0.25, 0.3) is 0 Å². The molecule has 0 aliphatic heterocycles. The zero-order valence-electron chi connectivity index (χ0n) is 8.72. The van der Waals surface area contributed by atoms with Crippen LogP contribution < -0.4 is 22.1 Å². The second kappa shape index (κ2) is 4.60. The fourth-order valence-corrected chi connectivity index (χ4v) is 1.32. The molecule has 0 radical (unpaired) electrons. The van der Waals surface area contributed by atoms with Gasteiger partial charge >= 0.3 is 0 Å². The van der Waals surface area contributed by atoms with Crippen LogP contribution in [0, 0.1) is 0 Å². The molecule has 1 rings (SSSR count). The van der Waals surface area contributed by atoms with Gasteiger partial charge in [-0.25, -0.2) is 0 Å². The molecule has 0 atom stereocenters. The summed E-state index contributed by atoms with van der Waals surface area (Å²) in [6, 6.07) is 3.72. The van der Waals surface area contributed by atoms with Gasteiger partial charge in [0.2, 0.25) is 0 Å². The third-order valence-corrected chi connectivity index (χ3v) is 1.96. The maximum atomic E-state index is 5.85. The Balaban J connectivity index is 2.97. The van der Waals surface area contributed by atoms with E-state index in [0.29, 0.717) is 0 Å². The average Bonchev–Trinajstić information content (AvgIpc) is 2.14. The molecule has 0 bridgehead atoms. The molecule has 0 unspecified atom stereocenters. The quantitative estimate of drug-likeness (QED) is 0.550. The summed E-state index contributed by atoms with van der Waals surface area (Å²) in [5.74, 6) is 0. The molecule has 0 saturated carbocycles. The molecule has 0 saturated heterocycles. The fraction of sp³-hybridized carbons (Fsp3) is 0.400. The molecule has 0 aliphatic rings. The van der Waals surface area contributed by atoms with Gasteiger partial charge in [0.15, 0.2) is 0 Å². The molecule has 1 aromatic rings. The minimum atomic E-state index is 0.719. The summed E-state index contributed by atoms with van der Waals surface area (Å²) in [6.45, 7) is 5.72. The molecular weight excluding hydrogens is 176 g/mol. The number of anilines is 4. The second-order valence-electron chi connectivity index (χ2n) is 3.09. The highest BCUT2D eigenvalue weighted by Crippen LogP contribution is 2.28. The first-order valence-corrected chi connectivity index (χ1v) is 4.85. The molecule has 0 spiro atoms. The van der Waals surface area contributed by atoms with Crippen molar-refractivity contribution < 1.29 is 0 Å². The van der Waals surface area contributed by atoms with Crippen molar-refractivity contribution in [2.75, 3.05) is 35.2 Å². The van der Waals surface area contributed by atoms with Crippen LogP contribution in [0.2, 0.25) is 0 Å². The maximum Gasteiger partial charge on any atom is 0.0596 e. The Kier molecular flexibility index (Phi) is 3.45. The van der Waals surface area contributed by atoms with E-state index in [-0.39, 0.29) is 0 Å². The normalized spacial score (nSPS) is 9.86. The first-order valence-electron chi connectivity index (χ1n) is 4.85. The standard InChI is InChI=1S/C10H18N4/c1-3-13-9-5-8(12)10(14-4-2)6-7(9)11/h5-6,13-14H,3-4,11-12H2,1-2H3. The Hall–Kier alpha value is -1.58. The van der Waals surface area contributed by atoms with Crippen molar-refractivity contribution in [2.24, 2.45) is 0 Å². The summed E-state index contributed by atoms with van der Waals surface area (Å²) in [4.78, 5) is 0. The van der Waals surface area contributed by atoms with Crippen molar-refractivity contribution in [1.29, 1.82) is 0 Å². The van der Waals surface area contributed by atoms with Crippen LogP contribution in [0.25, 0.3) is 0 Å². The number of hydrogen-bond donors (Lipinski definition) is 4. The summed E-state index contributed by atoms with van der Waals surface area (Å²) in [6.07, 6.45) is 0. The van der Waals surface area contributed by atoms with E-state index in [1.807, 2.05) is 26.0 Å². The topological polar surface area (TPSA) is 76.1 Å². The van der Waals surface area contributed by atoms with Gasteiger partial charge in [0, 0.05) is 13.1 Å². The van der Waals surface area contributed by atoms with Crippen LogP contribution in [0.5, 0.6) is 0 Å². The number of rotatable bonds is 4. The monoisotopic (exact) mass is 194 g/mol. The average molecular weight is 194 g/mol. The van der Waals surface area contributed by atoms with Gasteiger partial charge in [-0.15, -0.1) is 0 Å². The Bertz CT molecular complexity index is 277. The lowest BCUT2D eigenvalue weighted by atomic mass is 10.2. The molecule has 0 aromatic heterocycles. The predicted molar refractivity (Wildman–Crippen MR) is 63.6 cm³/mol. The van der Waals surface area contributed by atoms with Gasteiger partial charge in [-0.2, -0.15) is 0 Å². The molecule has 6 N–H and O–H groups in total. The van der Waals surface area contributed by atoms with E-state index >= 15 is 0 Å². The minimum Gasteiger partial charge on any atom is -0.397 e. The first-order chi connectivity index (χ1) is 6.69. The summed E-state index contributed by atoms with van der Waals surface area (Å²) in [7, 11) is 0. The fourth-order valence-electron chi connectivity index (χ4n) is 1.32. The van der Waals surface area contributed by atoms with Gasteiger partial charge in [0.1, 0.15) is 0 Å². The Morgan fingerprint density at radius 3 is 1.57 bits per heavy atom. The SMILES string of the molecule is CCNc1cc(N)c(NCC)cc1N. The minimum absolute atomic E-state index is 0.719. The summed E-state index contributed by atoms with van der Waals surface area (Å²) < 4.78 is 0. The molecule has 0 aliphatic carbocycles. The molecule has 0 fully saturated rings. The number of hydrogen-bond acceptors (Lipinski definition) is 4. The van der Waals surface area contributed by atoms with Crippen molar-refractivity contribution in [3.05, 3.63) is 12.1 Å². The van der Waals surface area contributed by atoms with E-state index in [0.717, 1.165) is 35.8 Å². The van der Waals surface area contributed by atoms with Crippen LogP contribution in [0.15, 0.2) is 12.1 Å². The smallest absolute Gasteiger partial charge is 0.0596 e. The zero-order chi connectivity index (χ0) is 10.6. The molecule has 1 aromatic carbocycles. The Morgan fingerprint density at radius 1 is 0.929 bits per heavy atom. The van der Waals surface area contributed by atoms with E-state index in [1.54, 1.807) is 0 Å². The Labute approximate surface area is 84.7 Å². The van der Waals surface area contributed by atoms with Crippen LogP contribution in [-0.2, 0) is 0 Å². The van der Waals surface area contributed by atoms with Crippen LogP contribution in [-0.4, -0.2) is 13.1 Å². The number of nitrogens with two attached hydrogens (primary N) is 2. The molecule has 4 heteroatoms. The van der Waals surface area contributed by atoms with Crippen molar-refractivity contribution in [2.45, 2.75) is 13.8 Å².